The molecule has 0 radical (unpaired) electrons. The summed E-state index contributed by atoms with van der Waals surface area (Å²) < 4.78 is 11.1. The molecule has 2 aliphatic rings. The SMILES string of the molecule is COc1ccc(-c2[nH]ncc2CN2CCOC(C3CC3)C2)cc1. The summed E-state index contributed by atoms with van der Waals surface area (Å²) in [6, 6.07) is 8.11. The normalized spacial score (nSPS) is 22.2. The van der Waals surface area contributed by atoms with Crippen LogP contribution in [0, 0.1) is 5.92 Å². The lowest BCUT2D eigenvalue weighted by atomic mass is 10.1. The number of rotatable bonds is 5. The van der Waals surface area contributed by atoms with Gasteiger partial charge in [-0.05, 0) is 43.0 Å². The van der Waals surface area contributed by atoms with Crippen molar-refractivity contribution in [3.63, 3.8) is 0 Å². The maximum Gasteiger partial charge on any atom is 0.118 e. The van der Waals surface area contributed by atoms with E-state index in [4.69, 9.17) is 9.47 Å². The molecule has 5 heteroatoms. The van der Waals surface area contributed by atoms with Crippen molar-refractivity contribution in [1.82, 2.24) is 15.1 Å². The predicted octanol–water partition coefficient (Wildman–Crippen LogP) is 2.70. The van der Waals surface area contributed by atoms with Crippen LogP contribution in [-0.4, -0.2) is 48.0 Å². The lowest BCUT2D eigenvalue weighted by Gasteiger charge is -2.33. The van der Waals surface area contributed by atoms with Gasteiger partial charge < -0.3 is 9.47 Å². The van der Waals surface area contributed by atoms with Gasteiger partial charge in [0.05, 0.1) is 31.7 Å². The Bertz CT molecular complexity index is 649. The molecule has 1 atom stereocenters. The van der Waals surface area contributed by atoms with Crippen LogP contribution in [-0.2, 0) is 11.3 Å². The Morgan fingerprint density at radius 1 is 1.30 bits per heavy atom. The van der Waals surface area contributed by atoms with Crippen LogP contribution < -0.4 is 4.74 Å². The molecule has 1 unspecified atom stereocenters. The summed E-state index contributed by atoms with van der Waals surface area (Å²) in [5.41, 5.74) is 3.49. The third-order valence-electron chi connectivity index (χ3n) is 4.82. The van der Waals surface area contributed by atoms with Gasteiger partial charge in [-0.15, -0.1) is 0 Å². The van der Waals surface area contributed by atoms with Crippen LogP contribution in [0.2, 0.25) is 0 Å². The molecule has 1 aromatic heterocycles. The third-order valence-corrected chi connectivity index (χ3v) is 4.82. The molecule has 5 nitrogen and oxygen atoms in total. The van der Waals surface area contributed by atoms with Crippen LogP contribution in [0.25, 0.3) is 11.3 Å². The van der Waals surface area contributed by atoms with Crippen molar-refractivity contribution in [2.45, 2.75) is 25.5 Å². The van der Waals surface area contributed by atoms with E-state index < -0.39 is 0 Å². The number of ether oxygens (including phenoxy) is 2. The lowest BCUT2D eigenvalue weighted by Crippen LogP contribution is -2.42. The summed E-state index contributed by atoms with van der Waals surface area (Å²) >= 11 is 0. The Hall–Kier alpha value is -1.85. The second kappa shape index (κ2) is 6.34. The quantitative estimate of drug-likeness (QED) is 0.922. The minimum atomic E-state index is 0.431. The fourth-order valence-electron chi connectivity index (χ4n) is 3.31. The highest BCUT2D eigenvalue weighted by Gasteiger charge is 2.35. The van der Waals surface area contributed by atoms with Gasteiger partial charge in [0.15, 0.2) is 0 Å². The maximum atomic E-state index is 5.91. The second-order valence-electron chi connectivity index (χ2n) is 6.48. The van der Waals surface area contributed by atoms with E-state index in [1.54, 1.807) is 7.11 Å². The Kier molecular flexibility index (Phi) is 4.06. The Labute approximate surface area is 136 Å². The fourth-order valence-corrected chi connectivity index (χ4v) is 3.31. The number of benzene rings is 1. The first-order chi connectivity index (χ1) is 11.3. The molecule has 1 aromatic carbocycles. The van der Waals surface area contributed by atoms with Crippen LogP contribution in [0.3, 0.4) is 0 Å². The van der Waals surface area contributed by atoms with Crippen LogP contribution in [0.5, 0.6) is 5.75 Å². The summed E-state index contributed by atoms with van der Waals surface area (Å²) in [4.78, 5) is 2.49. The van der Waals surface area contributed by atoms with Crippen molar-refractivity contribution in [2.24, 2.45) is 5.92 Å². The number of hydrogen-bond donors (Lipinski definition) is 1. The molecule has 1 aliphatic carbocycles. The molecular formula is C18H23N3O2. The molecule has 2 aromatic rings. The van der Waals surface area contributed by atoms with Crippen LogP contribution in [0.1, 0.15) is 18.4 Å². The summed E-state index contributed by atoms with van der Waals surface area (Å²) in [7, 11) is 1.69. The fraction of sp³-hybridized carbons (Fsp3) is 0.500. The van der Waals surface area contributed by atoms with Crippen LogP contribution in [0.15, 0.2) is 30.5 Å². The van der Waals surface area contributed by atoms with E-state index in [2.05, 4.69) is 27.2 Å². The molecule has 0 amide bonds. The van der Waals surface area contributed by atoms with E-state index in [1.807, 2.05) is 18.3 Å². The number of aromatic nitrogens is 2. The maximum absolute atomic E-state index is 5.91. The van der Waals surface area contributed by atoms with E-state index in [9.17, 15) is 0 Å². The van der Waals surface area contributed by atoms with Gasteiger partial charge in [0.25, 0.3) is 0 Å². The first kappa shape index (κ1) is 14.7. The third kappa shape index (κ3) is 3.26. The molecule has 23 heavy (non-hydrogen) atoms. The number of H-pyrrole nitrogens is 1. The van der Waals surface area contributed by atoms with Gasteiger partial charge in [0.2, 0.25) is 0 Å². The molecule has 2 fully saturated rings. The molecule has 4 rings (SSSR count). The van der Waals surface area contributed by atoms with Crippen molar-refractivity contribution in [1.29, 1.82) is 0 Å². The van der Waals surface area contributed by atoms with Gasteiger partial charge in [-0.25, -0.2) is 0 Å². The summed E-state index contributed by atoms with van der Waals surface area (Å²) in [6.45, 7) is 3.80. The van der Waals surface area contributed by atoms with Crippen LogP contribution in [0.4, 0.5) is 0 Å². The van der Waals surface area contributed by atoms with Gasteiger partial charge in [-0.1, -0.05) is 0 Å². The highest BCUT2D eigenvalue weighted by molar-refractivity contribution is 5.63. The minimum absolute atomic E-state index is 0.431. The molecule has 1 saturated carbocycles. The molecular weight excluding hydrogens is 290 g/mol. The summed E-state index contributed by atoms with van der Waals surface area (Å²) in [5, 5.41) is 7.41. The largest absolute Gasteiger partial charge is 0.497 e. The Morgan fingerprint density at radius 3 is 2.87 bits per heavy atom. The molecule has 1 saturated heterocycles. The van der Waals surface area contributed by atoms with Crippen LogP contribution >= 0.6 is 0 Å². The molecule has 1 aliphatic heterocycles. The first-order valence-corrected chi connectivity index (χ1v) is 8.34. The van der Waals surface area contributed by atoms with Crippen molar-refractivity contribution >= 4 is 0 Å². The predicted molar refractivity (Wildman–Crippen MR) is 88.3 cm³/mol. The zero-order valence-corrected chi connectivity index (χ0v) is 13.5. The Balaban J connectivity index is 1.47. The average Bonchev–Trinajstić information content (AvgIpc) is 3.35. The van der Waals surface area contributed by atoms with Gasteiger partial charge in [0.1, 0.15) is 5.75 Å². The second-order valence-corrected chi connectivity index (χ2v) is 6.48. The van der Waals surface area contributed by atoms with E-state index in [0.29, 0.717) is 6.10 Å². The molecule has 122 valence electrons. The zero-order valence-electron chi connectivity index (χ0n) is 13.5. The van der Waals surface area contributed by atoms with Gasteiger partial charge in [0, 0.05) is 30.8 Å². The van der Waals surface area contributed by atoms with Crippen molar-refractivity contribution in [3.8, 4) is 17.0 Å². The van der Waals surface area contributed by atoms with E-state index >= 15 is 0 Å². The monoisotopic (exact) mass is 313 g/mol. The smallest absolute Gasteiger partial charge is 0.118 e. The van der Waals surface area contributed by atoms with Crippen molar-refractivity contribution < 1.29 is 9.47 Å². The number of nitrogens with one attached hydrogen (secondary N) is 1. The minimum Gasteiger partial charge on any atom is -0.497 e. The van der Waals surface area contributed by atoms with Gasteiger partial charge >= 0.3 is 0 Å². The van der Waals surface area contributed by atoms with Gasteiger partial charge in [-0.2, -0.15) is 5.10 Å². The topological polar surface area (TPSA) is 50.4 Å². The molecule has 0 bridgehead atoms. The lowest BCUT2D eigenvalue weighted by molar-refractivity contribution is -0.0418. The summed E-state index contributed by atoms with van der Waals surface area (Å²) in [5.74, 6) is 1.67. The highest BCUT2D eigenvalue weighted by atomic mass is 16.5. The number of nitrogens with zero attached hydrogens (tertiary/aromatic N) is 2. The van der Waals surface area contributed by atoms with E-state index in [1.165, 1.54) is 18.4 Å². The van der Waals surface area contributed by atoms with E-state index in [-0.39, 0.29) is 0 Å². The van der Waals surface area contributed by atoms with Crippen molar-refractivity contribution in [2.75, 3.05) is 26.8 Å². The van der Waals surface area contributed by atoms with E-state index in [0.717, 1.165) is 49.2 Å². The number of aromatic amines is 1. The van der Waals surface area contributed by atoms with Gasteiger partial charge in [-0.3, -0.25) is 10.00 Å². The average molecular weight is 313 g/mol. The van der Waals surface area contributed by atoms with Crippen molar-refractivity contribution in [3.05, 3.63) is 36.0 Å². The number of methoxy groups -OCH3 is 1. The first-order valence-electron chi connectivity index (χ1n) is 8.34. The number of hydrogen-bond acceptors (Lipinski definition) is 4. The Morgan fingerprint density at radius 2 is 2.13 bits per heavy atom. The standard InChI is InChI=1S/C18H23N3O2/c1-22-16-6-4-14(5-7-16)18-15(10-19-20-18)11-21-8-9-23-17(12-21)13-2-3-13/h4-7,10,13,17H,2-3,8-9,11-12H2,1H3,(H,19,20). The highest BCUT2D eigenvalue weighted by Crippen LogP contribution is 2.36. The molecule has 0 spiro atoms. The summed E-state index contributed by atoms with van der Waals surface area (Å²) in [6.07, 6.45) is 5.05. The molecule has 2 heterocycles. The zero-order chi connectivity index (χ0) is 15.6. The number of morpholine rings is 1. The molecule has 1 N–H and O–H groups in total.